The molecule has 0 saturated carbocycles. The van der Waals surface area contributed by atoms with Crippen LogP contribution < -0.4 is 5.73 Å². The third-order valence-corrected chi connectivity index (χ3v) is 5.34. The molecule has 2 N–H and O–H groups in total. The van der Waals surface area contributed by atoms with Crippen LogP contribution in [0.2, 0.25) is 5.02 Å². The standard InChI is InChI=1S/C15H13ClN2O2S/c1-10-14(18)3-2-4-15(10)21(19,20)9-12-6-5-11(8-17)7-13(12)16/h2-7H,9,18H2,1H3. The number of hydrogen-bond acceptors (Lipinski definition) is 4. The highest BCUT2D eigenvalue weighted by Crippen LogP contribution is 2.27. The Morgan fingerprint density at radius 2 is 2.00 bits per heavy atom. The summed E-state index contributed by atoms with van der Waals surface area (Å²) in [5.74, 6) is -0.234. The SMILES string of the molecule is Cc1c(N)cccc1S(=O)(=O)Cc1ccc(C#N)cc1Cl. The maximum atomic E-state index is 12.5. The molecule has 0 amide bonds. The zero-order valence-corrected chi connectivity index (χ0v) is 12.9. The van der Waals surface area contributed by atoms with Gasteiger partial charge >= 0.3 is 0 Å². The van der Waals surface area contributed by atoms with Crippen molar-refractivity contribution < 1.29 is 8.42 Å². The van der Waals surface area contributed by atoms with E-state index in [4.69, 9.17) is 22.6 Å². The van der Waals surface area contributed by atoms with Gasteiger partial charge in [0, 0.05) is 10.7 Å². The lowest BCUT2D eigenvalue weighted by atomic mass is 10.2. The molecule has 0 aliphatic carbocycles. The summed E-state index contributed by atoms with van der Waals surface area (Å²) in [5.41, 5.74) is 7.56. The Kier molecular flexibility index (Phi) is 4.21. The molecule has 2 aromatic rings. The Balaban J connectivity index is 2.43. The number of benzene rings is 2. The lowest BCUT2D eigenvalue weighted by Crippen LogP contribution is -2.08. The predicted molar refractivity (Wildman–Crippen MR) is 82.6 cm³/mol. The molecule has 0 radical (unpaired) electrons. The van der Waals surface area contributed by atoms with E-state index in [2.05, 4.69) is 0 Å². The van der Waals surface area contributed by atoms with Gasteiger partial charge in [-0.2, -0.15) is 5.26 Å². The Morgan fingerprint density at radius 3 is 2.62 bits per heavy atom. The second-order valence-electron chi connectivity index (χ2n) is 4.65. The van der Waals surface area contributed by atoms with E-state index >= 15 is 0 Å². The summed E-state index contributed by atoms with van der Waals surface area (Å²) < 4.78 is 25.0. The molecule has 2 rings (SSSR count). The van der Waals surface area contributed by atoms with Crippen molar-refractivity contribution in [2.75, 3.05) is 5.73 Å². The first-order chi connectivity index (χ1) is 9.85. The fourth-order valence-electron chi connectivity index (χ4n) is 1.98. The van der Waals surface area contributed by atoms with E-state index in [1.165, 1.54) is 12.1 Å². The summed E-state index contributed by atoms with van der Waals surface area (Å²) in [6.45, 7) is 1.67. The number of halogens is 1. The summed E-state index contributed by atoms with van der Waals surface area (Å²) in [6.07, 6.45) is 0. The van der Waals surface area contributed by atoms with Gasteiger partial charge in [-0.3, -0.25) is 0 Å². The van der Waals surface area contributed by atoms with Crippen molar-refractivity contribution in [1.82, 2.24) is 0 Å². The number of nitrogens with two attached hydrogens (primary N) is 1. The highest BCUT2D eigenvalue weighted by atomic mass is 35.5. The van der Waals surface area contributed by atoms with Gasteiger partial charge in [-0.1, -0.05) is 23.7 Å². The molecule has 0 aliphatic rings. The summed E-state index contributed by atoms with van der Waals surface area (Å²) in [6, 6.07) is 11.3. The van der Waals surface area contributed by atoms with Gasteiger partial charge in [0.05, 0.1) is 22.3 Å². The molecule has 0 unspecified atom stereocenters. The molecule has 6 heteroatoms. The zero-order chi connectivity index (χ0) is 15.6. The van der Waals surface area contributed by atoms with Crippen molar-refractivity contribution in [3.8, 4) is 6.07 Å². The quantitative estimate of drug-likeness (QED) is 0.881. The van der Waals surface area contributed by atoms with Gasteiger partial charge in [-0.25, -0.2) is 8.42 Å². The number of nitriles is 1. The van der Waals surface area contributed by atoms with E-state index in [1.807, 2.05) is 6.07 Å². The molecule has 0 bridgehead atoms. The maximum Gasteiger partial charge on any atom is 0.182 e. The molecular weight excluding hydrogens is 308 g/mol. The minimum Gasteiger partial charge on any atom is -0.398 e. The summed E-state index contributed by atoms with van der Waals surface area (Å²) in [5, 5.41) is 9.05. The van der Waals surface area contributed by atoms with Gasteiger partial charge < -0.3 is 5.73 Å². The Hall–Kier alpha value is -2.03. The largest absolute Gasteiger partial charge is 0.398 e. The molecule has 0 aromatic heterocycles. The fraction of sp³-hybridized carbons (Fsp3) is 0.133. The molecule has 108 valence electrons. The Labute approximate surface area is 128 Å². The minimum absolute atomic E-state index is 0.197. The van der Waals surface area contributed by atoms with Gasteiger partial charge in [-0.05, 0) is 42.3 Å². The smallest absolute Gasteiger partial charge is 0.182 e. The normalized spacial score (nSPS) is 11.1. The van der Waals surface area contributed by atoms with Gasteiger partial charge in [0.25, 0.3) is 0 Å². The fourth-order valence-corrected chi connectivity index (χ4v) is 4.00. The number of rotatable bonds is 3. The van der Waals surface area contributed by atoms with E-state index in [0.717, 1.165) is 0 Å². The summed E-state index contributed by atoms with van der Waals surface area (Å²) >= 11 is 6.03. The topological polar surface area (TPSA) is 84.0 Å². The maximum absolute atomic E-state index is 12.5. The van der Waals surface area contributed by atoms with Crippen LogP contribution in [0.5, 0.6) is 0 Å². The monoisotopic (exact) mass is 320 g/mol. The van der Waals surface area contributed by atoms with E-state index in [0.29, 0.717) is 22.4 Å². The molecule has 2 aromatic carbocycles. The van der Waals surface area contributed by atoms with Crippen molar-refractivity contribution in [2.45, 2.75) is 17.6 Å². The molecule has 21 heavy (non-hydrogen) atoms. The highest BCUT2D eigenvalue weighted by Gasteiger charge is 2.20. The summed E-state index contributed by atoms with van der Waals surface area (Å²) in [4.78, 5) is 0.197. The molecule has 0 atom stereocenters. The lowest BCUT2D eigenvalue weighted by molar-refractivity contribution is 0.594. The van der Waals surface area contributed by atoms with Crippen LogP contribution in [0.15, 0.2) is 41.3 Å². The first-order valence-corrected chi connectivity index (χ1v) is 8.14. The summed E-state index contributed by atoms with van der Waals surface area (Å²) in [7, 11) is -3.56. The first kappa shape index (κ1) is 15.4. The first-order valence-electron chi connectivity index (χ1n) is 6.11. The molecule has 0 spiro atoms. The molecule has 0 saturated heterocycles. The van der Waals surface area contributed by atoms with Crippen LogP contribution >= 0.6 is 11.6 Å². The molecule has 0 fully saturated rings. The number of hydrogen-bond donors (Lipinski definition) is 1. The second-order valence-corrected chi connectivity index (χ2v) is 7.01. The van der Waals surface area contributed by atoms with E-state index < -0.39 is 9.84 Å². The third-order valence-electron chi connectivity index (χ3n) is 3.19. The van der Waals surface area contributed by atoms with Crippen molar-refractivity contribution in [3.63, 3.8) is 0 Å². The van der Waals surface area contributed by atoms with Gasteiger partial charge in [0.2, 0.25) is 0 Å². The number of nitrogen functional groups attached to an aromatic ring is 1. The Bertz CT molecular complexity index is 839. The Morgan fingerprint density at radius 1 is 1.29 bits per heavy atom. The van der Waals surface area contributed by atoms with Crippen LogP contribution in [0.4, 0.5) is 5.69 Å². The second kappa shape index (κ2) is 5.76. The van der Waals surface area contributed by atoms with Gasteiger partial charge in [0.1, 0.15) is 0 Å². The number of nitrogens with zero attached hydrogens (tertiary/aromatic N) is 1. The van der Waals surface area contributed by atoms with E-state index in [1.54, 1.807) is 31.2 Å². The molecular formula is C15H13ClN2O2S. The average molecular weight is 321 g/mol. The van der Waals surface area contributed by atoms with E-state index in [-0.39, 0.29) is 15.7 Å². The van der Waals surface area contributed by atoms with Crippen molar-refractivity contribution in [2.24, 2.45) is 0 Å². The molecule has 0 heterocycles. The number of sulfone groups is 1. The van der Waals surface area contributed by atoms with Crippen LogP contribution in [0.25, 0.3) is 0 Å². The van der Waals surface area contributed by atoms with Gasteiger partial charge in [0.15, 0.2) is 9.84 Å². The predicted octanol–water partition coefficient (Wildman–Crippen LogP) is 3.08. The van der Waals surface area contributed by atoms with Crippen LogP contribution in [0.3, 0.4) is 0 Å². The van der Waals surface area contributed by atoms with Crippen LogP contribution in [0, 0.1) is 18.3 Å². The van der Waals surface area contributed by atoms with Crippen LogP contribution in [-0.4, -0.2) is 8.42 Å². The third kappa shape index (κ3) is 3.18. The van der Waals surface area contributed by atoms with Gasteiger partial charge in [-0.15, -0.1) is 0 Å². The van der Waals surface area contributed by atoms with Crippen molar-refractivity contribution in [1.29, 1.82) is 5.26 Å². The average Bonchev–Trinajstić information content (AvgIpc) is 2.43. The van der Waals surface area contributed by atoms with Crippen LogP contribution in [-0.2, 0) is 15.6 Å². The zero-order valence-electron chi connectivity index (χ0n) is 11.3. The number of anilines is 1. The highest BCUT2D eigenvalue weighted by molar-refractivity contribution is 7.90. The minimum atomic E-state index is -3.56. The molecule has 0 aliphatic heterocycles. The van der Waals surface area contributed by atoms with Crippen molar-refractivity contribution in [3.05, 3.63) is 58.1 Å². The molecule has 4 nitrogen and oxygen atoms in total. The van der Waals surface area contributed by atoms with E-state index in [9.17, 15) is 8.42 Å². The van der Waals surface area contributed by atoms with Crippen LogP contribution in [0.1, 0.15) is 16.7 Å². The lowest BCUT2D eigenvalue weighted by Gasteiger charge is -2.10. The van der Waals surface area contributed by atoms with Crippen molar-refractivity contribution >= 4 is 27.1 Å².